The van der Waals surface area contributed by atoms with E-state index < -0.39 is 10.8 Å². The third-order valence-corrected chi connectivity index (χ3v) is 19.6. The normalized spacial score (nSPS) is 15.0. The Morgan fingerprint density at radius 2 is 0.556 bits per heavy atom. The molecule has 3 aliphatic carbocycles. The van der Waals surface area contributed by atoms with Gasteiger partial charge in [0.2, 0.25) is 0 Å². The number of para-hydroxylation sites is 4. The molecule has 2 nitrogen and oxygen atoms in total. The molecule has 2 aliphatic heterocycles. The molecule has 81 heavy (non-hydrogen) atoms. The van der Waals surface area contributed by atoms with Gasteiger partial charge in [-0.15, -0.1) is 0 Å². The van der Waals surface area contributed by atoms with E-state index in [-0.39, 0.29) is 5.41 Å². The number of hydrogen-bond donors (Lipinski definition) is 0. The highest BCUT2D eigenvalue weighted by Gasteiger charge is 2.53. The Balaban J connectivity index is 0.871. The highest BCUT2D eigenvalue weighted by atomic mass is 16.5. The van der Waals surface area contributed by atoms with Crippen molar-refractivity contribution in [2.45, 2.75) is 120 Å². The predicted molar refractivity (Wildman–Crippen MR) is 334 cm³/mol. The summed E-state index contributed by atoms with van der Waals surface area (Å²) in [5, 5.41) is 0. The molecule has 0 saturated carbocycles. The number of fused-ring (bicyclic) bond motifs is 21. The Labute approximate surface area is 479 Å². The first kappa shape index (κ1) is 49.8. The number of hydrogen-bond acceptors (Lipinski definition) is 2. The Morgan fingerprint density at radius 1 is 0.247 bits per heavy atom. The van der Waals surface area contributed by atoms with Crippen molar-refractivity contribution in [1.29, 1.82) is 0 Å². The third kappa shape index (κ3) is 7.51. The Morgan fingerprint density at radius 3 is 0.988 bits per heavy atom. The van der Waals surface area contributed by atoms with Crippen molar-refractivity contribution in [3.05, 3.63) is 274 Å². The van der Waals surface area contributed by atoms with Crippen LogP contribution in [-0.4, -0.2) is 0 Å². The van der Waals surface area contributed by atoms with Crippen molar-refractivity contribution in [3.8, 4) is 78.6 Å². The first-order valence-electron chi connectivity index (χ1n) is 30.6. The largest absolute Gasteiger partial charge is 0.457 e. The smallest absolute Gasteiger partial charge is 0.132 e. The van der Waals surface area contributed by atoms with Crippen LogP contribution >= 0.6 is 0 Å². The third-order valence-electron chi connectivity index (χ3n) is 19.6. The highest BCUT2D eigenvalue weighted by Crippen LogP contribution is 2.65. The average molecular weight is 1050 g/mol. The van der Waals surface area contributed by atoms with E-state index in [1.807, 2.05) is 0 Å². The molecule has 5 aliphatic rings. The van der Waals surface area contributed by atoms with E-state index in [4.69, 9.17) is 9.47 Å². The zero-order valence-corrected chi connectivity index (χ0v) is 47.0. The van der Waals surface area contributed by atoms with Crippen molar-refractivity contribution in [2.24, 2.45) is 0 Å². The molecule has 10 aromatic rings. The molecule has 0 unspecified atom stereocenters. The predicted octanol–water partition coefficient (Wildman–Crippen LogP) is 21.7. The molecule has 398 valence electrons. The van der Waals surface area contributed by atoms with Gasteiger partial charge in [-0.1, -0.05) is 261 Å². The summed E-state index contributed by atoms with van der Waals surface area (Å²) in [5.41, 5.74) is 25.2. The lowest BCUT2D eigenvalue weighted by Gasteiger charge is -2.39. The maximum atomic E-state index is 6.68. The molecule has 0 fully saturated rings. The maximum Gasteiger partial charge on any atom is 0.132 e. The zero-order valence-electron chi connectivity index (χ0n) is 47.0. The van der Waals surface area contributed by atoms with Gasteiger partial charge in [-0.25, -0.2) is 0 Å². The van der Waals surface area contributed by atoms with E-state index in [1.165, 1.54) is 201 Å². The monoisotopic (exact) mass is 1050 g/mol. The molecule has 0 aromatic heterocycles. The summed E-state index contributed by atoms with van der Waals surface area (Å²) in [5.74, 6) is 3.71. The fraction of sp³-hybridized carbons (Fsp3) is 0.241. The zero-order chi connectivity index (χ0) is 54.1. The van der Waals surface area contributed by atoms with Crippen molar-refractivity contribution in [3.63, 3.8) is 0 Å². The lowest BCUT2D eigenvalue weighted by Crippen LogP contribution is -2.32. The van der Waals surface area contributed by atoms with E-state index in [0.29, 0.717) is 0 Å². The van der Waals surface area contributed by atoms with Crippen LogP contribution in [0.15, 0.2) is 218 Å². The molecule has 0 bridgehead atoms. The lowest BCUT2D eigenvalue weighted by molar-refractivity contribution is 0.398. The highest BCUT2D eigenvalue weighted by molar-refractivity contribution is 5.94. The number of rotatable bonds is 16. The van der Waals surface area contributed by atoms with Crippen LogP contribution in [0, 0.1) is 0 Å². The number of benzene rings is 10. The van der Waals surface area contributed by atoms with E-state index in [1.54, 1.807) is 0 Å². The molecule has 0 radical (unpaired) electrons. The fourth-order valence-electron chi connectivity index (χ4n) is 16.0. The molecular weight excluding hydrogens is 981 g/mol. The molecule has 2 spiro atoms. The van der Waals surface area contributed by atoms with Crippen molar-refractivity contribution < 1.29 is 9.47 Å². The Bertz CT molecular complexity index is 3970. The van der Waals surface area contributed by atoms with Crippen LogP contribution in [0.4, 0.5) is 0 Å². The van der Waals surface area contributed by atoms with Gasteiger partial charge in [0.15, 0.2) is 0 Å². The lowest BCUT2D eigenvalue weighted by atomic mass is 9.66. The van der Waals surface area contributed by atoms with Gasteiger partial charge >= 0.3 is 0 Å². The standard InChI is InChI=1S/C79H70O2/c1-3-5-7-9-11-25-47-77(48-26-12-10-8-6-4-2)63-44-40-53(54-41-45-66-61(50-54)57-27-13-15-29-64(57)78(66)68-31-17-21-35-73(68)80-74-36-22-18-32-69(74)78)49-60(63)59-43-39-56(52-72(59)77)55-42-46-67-62(51-55)58-28-14-16-30-65(58)79(67)70-33-19-23-37-75(70)81-76-38-24-20-34-71(76)79/h13-24,27-46,49-52H,3-12,25-26,47-48H2,1-2H3. The van der Waals surface area contributed by atoms with Gasteiger partial charge in [-0.3, -0.25) is 0 Å². The number of ether oxygens (including phenoxy) is 2. The minimum atomic E-state index is -0.484. The molecule has 0 N–H and O–H groups in total. The van der Waals surface area contributed by atoms with Gasteiger partial charge in [-0.05, 0) is 150 Å². The summed E-state index contributed by atoms with van der Waals surface area (Å²) in [4.78, 5) is 0. The van der Waals surface area contributed by atoms with Crippen molar-refractivity contribution in [1.82, 2.24) is 0 Å². The second-order valence-electron chi connectivity index (χ2n) is 23.9. The summed E-state index contributed by atoms with van der Waals surface area (Å²) in [6, 6.07) is 83.0. The van der Waals surface area contributed by atoms with Gasteiger partial charge in [-0.2, -0.15) is 0 Å². The molecule has 0 amide bonds. The number of unbranched alkanes of at least 4 members (excludes halogenated alkanes) is 10. The van der Waals surface area contributed by atoms with Gasteiger partial charge < -0.3 is 9.47 Å². The molecule has 0 atom stereocenters. The van der Waals surface area contributed by atoms with Gasteiger partial charge in [0.25, 0.3) is 0 Å². The van der Waals surface area contributed by atoms with E-state index >= 15 is 0 Å². The van der Waals surface area contributed by atoms with Crippen LogP contribution in [0.1, 0.15) is 159 Å². The SMILES string of the molecule is CCCCCCCCC1(CCCCCCCC)c2ccc(-c3ccc4c(c3)-c3ccccc3C43c4ccccc4Oc4ccccc43)cc2-c2ccc(-c3ccc4c(c3)-c3ccccc3C43c4ccccc4Oc4ccccc43)cc21. The minimum absolute atomic E-state index is 0.0787. The molecule has 15 rings (SSSR count). The quantitative estimate of drug-likeness (QED) is 0.0898. The summed E-state index contributed by atoms with van der Waals surface area (Å²) in [6.07, 6.45) is 17.8. The topological polar surface area (TPSA) is 18.5 Å². The van der Waals surface area contributed by atoms with Crippen LogP contribution in [0.3, 0.4) is 0 Å². The average Bonchev–Trinajstić information content (AvgIpc) is 4.19. The minimum Gasteiger partial charge on any atom is -0.457 e. The van der Waals surface area contributed by atoms with E-state index in [0.717, 1.165) is 23.0 Å². The van der Waals surface area contributed by atoms with Crippen LogP contribution < -0.4 is 9.47 Å². The van der Waals surface area contributed by atoms with Gasteiger partial charge in [0.05, 0.1) is 10.8 Å². The van der Waals surface area contributed by atoms with Crippen LogP contribution in [0.25, 0.3) is 55.6 Å². The summed E-state index contributed by atoms with van der Waals surface area (Å²) in [6.45, 7) is 4.66. The first-order chi connectivity index (χ1) is 40.1. The molecule has 2 heterocycles. The summed E-state index contributed by atoms with van der Waals surface area (Å²) < 4.78 is 13.4. The first-order valence-corrected chi connectivity index (χ1v) is 30.6. The Kier molecular flexibility index (Phi) is 12.4. The van der Waals surface area contributed by atoms with Crippen LogP contribution in [-0.2, 0) is 16.2 Å². The maximum absolute atomic E-state index is 6.68. The summed E-state index contributed by atoms with van der Waals surface area (Å²) in [7, 11) is 0. The van der Waals surface area contributed by atoms with Gasteiger partial charge in [0, 0.05) is 27.7 Å². The Hall–Kier alpha value is -8.20. The molecule has 2 heteroatoms. The molecule has 0 saturated heterocycles. The molecular formula is C79H70O2. The van der Waals surface area contributed by atoms with E-state index in [2.05, 4.69) is 232 Å². The van der Waals surface area contributed by atoms with E-state index in [9.17, 15) is 0 Å². The second-order valence-corrected chi connectivity index (χ2v) is 23.9. The van der Waals surface area contributed by atoms with Crippen molar-refractivity contribution in [2.75, 3.05) is 0 Å². The van der Waals surface area contributed by atoms with Crippen molar-refractivity contribution >= 4 is 0 Å². The van der Waals surface area contributed by atoms with Crippen LogP contribution in [0.5, 0.6) is 23.0 Å². The van der Waals surface area contributed by atoms with Gasteiger partial charge in [0.1, 0.15) is 23.0 Å². The second kappa shape index (κ2) is 20.1. The molecule has 10 aromatic carbocycles. The fourth-order valence-corrected chi connectivity index (χ4v) is 16.0. The van der Waals surface area contributed by atoms with Crippen LogP contribution in [0.2, 0.25) is 0 Å². The summed E-state index contributed by atoms with van der Waals surface area (Å²) >= 11 is 0.